The average Bonchev–Trinajstić information content (AvgIpc) is 2.45. The van der Waals surface area contributed by atoms with Crippen molar-refractivity contribution in [1.82, 2.24) is 4.90 Å². The molecular weight excluding hydrogens is 236 g/mol. The average molecular weight is 264 g/mol. The summed E-state index contributed by atoms with van der Waals surface area (Å²) in [4.78, 5) is 2.54. The highest BCUT2D eigenvalue weighted by Crippen LogP contribution is 2.13. The SMILES string of the molecule is CCCN(CCCCN)CCc1cccc(OC)c1. The third-order valence-corrected chi connectivity index (χ3v) is 3.32. The molecule has 1 aromatic rings. The second-order valence-electron chi connectivity index (χ2n) is 4.94. The van der Waals surface area contributed by atoms with Gasteiger partial charge in [0.1, 0.15) is 5.75 Å². The Bertz CT molecular complexity index is 341. The van der Waals surface area contributed by atoms with Crippen LogP contribution in [0.25, 0.3) is 0 Å². The van der Waals surface area contributed by atoms with E-state index in [2.05, 4.69) is 30.0 Å². The molecule has 3 nitrogen and oxygen atoms in total. The van der Waals surface area contributed by atoms with Crippen LogP contribution in [-0.4, -0.2) is 38.2 Å². The molecule has 0 heterocycles. The van der Waals surface area contributed by atoms with E-state index in [-0.39, 0.29) is 0 Å². The van der Waals surface area contributed by atoms with Crippen LogP contribution in [0.4, 0.5) is 0 Å². The first-order valence-corrected chi connectivity index (χ1v) is 7.35. The molecule has 0 unspecified atom stereocenters. The molecule has 1 aromatic carbocycles. The summed E-state index contributed by atoms with van der Waals surface area (Å²) in [5.41, 5.74) is 6.90. The molecule has 0 aliphatic carbocycles. The summed E-state index contributed by atoms with van der Waals surface area (Å²) in [6, 6.07) is 8.36. The number of ether oxygens (including phenoxy) is 1. The zero-order valence-electron chi connectivity index (χ0n) is 12.4. The van der Waals surface area contributed by atoms with E-state index in [4.69, 9.17) is 10.5 Å². The maximum absolute atomic E-state index is 5.55. The van der Waals surface area contributed by atoms with Crippen molar-refractivity contribution in [2.24, 2.45) is 5.73 Å². The van der Waals surface area contributed by atoms with Gasteiger partial charge >= 0.3 is 0 Å². The van der Waals surface area contributed by atoms with Crippen molar-refractivity contribution in [3.63, 3.8) is 0 Å². The maximum atomic E-state index is 5.55. The van der Waals surface area contributed by atoms with Gasteiger partial charge in [0.25, 0.3) is 0 Å². The molecule has 0 bridgehead atoms. The minimum Gasteiger partial charge on any atom is -0.497 e. The number of hydrogen-bond acceptors (Lipinski definition) is 3. The fourth-order valence-electron chi connectivity index (χ4n) is 2.25. The number of rotatable bonds is 10. The van der Waals surface area contributed by atoms with Crippen LogP contribution in [-0.2, 0) is 6.42 Å². The van der Waals surface area contributed by atoms with E-state index < -0.39 is 0 Å². The van der Waals surface area contributed by atoms with E-state index in [9.17, 15) is 0 Å². The number of methoxy groups -OCH3 is 1. The lowest BCUT2D eigenvalue weighted by molar-refractivity contribution is 0.272. The Labute approximate surface area is 117 Å². The lowest BCUT2D eigenvalue weighted by atomic mass is 10.1. The van der Waals surface area contributed by atoms with Gasteiger partial charge in [-0.1, -0.05) is 19.1 Å². The number of nitrogens with zero attached hydrogens (tertiary/aromatic N) is 1. The van der Waals surface area contributed by atoms with Crippen molar-refractivity contribution in [2.45, 2.75) is 32.6 Å². The lowest BCUT2D eigenvalue weighted by Gasteiger charge is -2.21. The topological polar surface area (TPSA) is 38.5 Å². The monoisotopic (exact) mass is 264 g/mol. The maximum Gasteiger partial charge on any atom is 0.119 e. The van der Waals surface area contributed by atoms with Crippen molar-refractivity contribution in [3.8, 4) is 5.75 Å². The molecule has 19 heavy (non-hydrogen) atoms. The third-order valence-electron chi connectivity index (χ3n) is 3.32. The summed E-state index contributed by atoms with van der Waals surface area (Å²) in [6.07, 6.45) is 4.62. The highest BCUT2D eigenvalue weighted by atomic mass is 16.5. The number of unbranched alkanes of at least 4 members (excludes halogenated alkanes) is 1. The van der Waals surface area contributed by atoms with Crippen LogP contribution in [0.15, 0.2) is 24.3 Å². The van der Waals surface area contributed by atoms with Gasteiger partial charge in [0.05, 0.1) is 7.11 Å². The number of benzene rings is 1. The standard InChI is InChI=1S/C16H28N2O/c1-3-11-18(12-5-4-10-17)13-9-15-7-6-8-16(14-15)19-2/h6-8,14H,3-5,9-13,17H2,1-2H3. The van der Waals surface area contributed by atoms with E-state index in [1.807, 2.05) is 6.07 Å². The molecule has 0 aliphatic rings. The highest BCUT2D eigenvalue weighted by molar-refractivity contribution is 5.28. The van der Waals surface area contributed by atoms with Gasteiger partial charge in [-0.15, -0.1) is 0 Å². The van der Waals surface area contributed by atoms with E-state index in [0.717, 1.165) is 38.2 Å². The van der Waals surface area contributed by atoms with Crippen LogP contribution < -0.4 is 10.5 Å². The Morgan fingerprint density at radius 2 is 2.00 bits per heavy atom. The molecule has 0 atom stereocenters. The molecule has 0 saturated carbocycles. The predicted molar refractivity (Wildman–Crippen MR) is 81.7 cm³/mol. The largest absolute Gasteiger partial charge is 0.497 e. The van der Waals surface area contributed by atoms with E-state index in [0.29, 0.717) is 0 Å². The normalized spacial score (nSPS) is 10.9. The Kier molecular flexibility index (Phi) is 8.26. The molecule has 1 rings (SSSR count). The zero-order chi connectivity index (χ0) is 13.9. The van der Waals surface area contributed by atoms with Gasteiger partial charge in [-0.25, -0.2) is 0 Å². The summed E-state index contributed by atoms with van der Waals surface area (Å²) in [5, 5.41) is 0. The quantitative estimate of drug-likeness (QED) is 0.660. The first-order chi connectivity index (χ1) is 9.30. The first kappa shape index (κ1) is 16.0. The van der Waals surface area contributed by atoms with Crippen molar-refractivity contribution in [3.05, 3.63) is 29.8 Å². The minimum absolute atomic E-state index is 0.801. The van der Waals surface area contributed by atoms with Crippen molar-refractivity contribution in [2.75, 3.05) is 33.3 Å². The van der Waals surface area contributed by atoms with Crippen LogP contribution in [0.3, 0.4) is 0 Å². The van der Waals surface area contributed by atoms with E-state index in [1.54, 1.807) is 7.11 Å². The minimum atomic E-state index is 0.801. The van der Waals surface area contributed by atoms with Crippen LogP contribution in [0, 0.1) is 0 Å². The Hall–Kier alpha value is -1.06. The van der Waals surface area contributed by atoms with Gasteiger partial charge in [-0.05, 0) is 63.0 Å². The van der Waals surface area contributed by atoms with Crippen molar-refractivity contribution >= 4 is 0 Å². The number of nitrogens with two attached hydrogens (primary N) is 1. The van der Waals surface area contributed by atoms with Crippen molar-refractivity contribution < 1.29 is 4.74 Å². The smallest absolute Gasteiger partial charge is 0.119 e. The van der Waals surface area contributed by atoms with Crippen molar-refractivity contribution in [1.29, 1.82) is 0 Å². The van der Waals surface area contributed by atoms with Crippen LogP contribution >= 0.6 is 0 Å². The summed E-state index contributed by atoms with van der Waals surface area (Å²) < 4.78 is 5.26. The van der Waals surface area contributed by atoms with Gasteiger partial charge in [0.15, 0.2) is 0 Å². The Morgan fingerprint density at radius 3 is 2.68 bits per heavy atom. The summed E-state index contributed by atoms with van der Waals surface area (Å²) in [7, 11) is 1.72. The molecule has 0 spiro atoms. The predicted octanol–water partition coefficient (Wildman–Crippen LogP) is 2.69. The second kappa shape index (κ2) is 9.82. The summed E-state index contributed by atoms with van der Waals surface area (Å²) >= 11 is 0. The molecule has 0 aliphatic heterocycles. The molecule has 0 fully saturated rings. The molecule has 108 valence electrons. The van der Waals surface area contributed by atoms with Gasteiger partial charge in [-0.3, -0.25) is 0 Å². The van der Waals surface area contributed by atoms with Gasteiger partial charge in [-0.2, -0.15) is 0 Å². The third kappa shape index (κ3) is 6.60. The molecule has 0 saturated heterocycles. The van der Waals surface area contributed by atoms with Gasteiger partial charge in [0, 0.05) is 6.54 Å². The summed E-state index contributed by atoms with van der Waals surface area (Å²) in [6.45, 7) is 6.49. The molecule has 2 N–H and O–H groups in total. The Balaban J connectivity index is 2.40. The first-order valence-electron chi connectivity index (χ1n) is 7.35. The number of hydrogen-bond donors (Lipinski definition) is 1. The highest BCUT2D eigenvalue weighted by Gasteiger charge is 2.04. The van der Waals surface area contributed by atoms with E-state index >= 15 is 0 Å². The summed E-state index contributed by atoms with van der Waals surface area (Å²) in [5.74, 6) is 0.947. The molecule has 3 heteroatoms. The van der Waals surface area contributed by atoms with Gasteiger partial charge in [0.2, 0.25) is 0 Å². The van der Waals surface area contributed by atoms with Crippen LogP contribution in [0.5, 0.6) is 5.75 Å². The molecular formula is C16H28N2O. The van der Waals surface area contributed by atoms with Crippen LogP contribution in [0.1, 0.15) is 31.7 Å². The molecule has 0 aromatic heterocycles. The van der Waals surface area contributed by atoms with Crippen LogP contribution in [0.2, 0.25) is 0 Å². The zero-order valence-corrected chi connectivity index (χ0v) is 12.4. The lowest BCUT2D eigenvalue weighted by Crippen LogP contribution is -2.28. The van der Waals surface area contributed by atoms with E-state index in [1.165, 1.54) is 24.9 Å². The fraction of sp³-hybridized carbons (Fsp3) is 0.625. The molecule has 0 amide bonds. The Morgan fingerprint density at radius 1 is 1.16 bits per heavy atom. The van der Waals surface area contributed by atoms with Gasteiger partial charge < -0.3 is 15.4 Å². The molecule has 0 radical (unpaired) electrons. The fourth-order valence-corrected chi connectivity index (χ4v) is 2.25. The second-order valence-corrected chi connectivity index (χ2v) is 4.94.